The van der Waals surface area contributed by atoms with Gasteiger partial charge in [0.15, 0.2) is 0 Å². The molecule has 1 saturated heterocycles. The average Bonchev–Trinajstić information content (AvgIpc) is 3.13. The number of carbonyl (C=O) groups excluding carboxylic acids is 2. The van der Waals surface area contributed by atoms with Gasteiger partial charge in [-0.2, -0.15) is 13.2 Å². The fourth-order valence-corrected chi connectivity index (χ4v) is 6.10. The van der Waals surface area contributed by atoms with Crippen LogP contribution in [0.4, 0.5) is 13.2 Å². The number of β-lactam (4-membered cyclic amide) rings is 1. The number of alkyl halides is 3. The number of rotatable bonds is 9. The molecule has 182 valence electrons. The van der Waals surface area contributed by atoms with Crippen molar-refractivity contribution in [1.82, 2.24) is 30.4 Å². The van der Waals surface area contributed by atoms with E-state index in [1.807, 2.05) is 0 Å². The molecule has 3 heterocycles. The number of carboxylic acids is 1. The summed E-state index contributed by atoms with van der Waals surface area (Å²) in [6.07, 6.45) is -5.94. The summed E-state index contributed by atoms with van der Waals surface area (Å²) in [4.78, 5) is 24.6. The van der Waals surface area contributed by atoms with Gasteiger partial charge in [-0.25, -0.2) is 18.2 Å². The molecule has 2 aliphatic rings. The minimum absolute atomic E-state index is 0. The smallest absolute Gasteiger partial charge is 0.543 e. The van der Waals surface area contributed by atoms with Crippen molar-refractivity contribution in [3.63, 3.8) is 0 Å². The summed E-state index contributed by atoms with van der Waals surface area (Å²) in [5, 5.41) is 29.3. The van der Waals surface area contributed by atoms with E-state index in [2.05, 4.69) is 33.1 Å². The average molecular weight is 570 g/mol. The van der Waals surface area contributed by atoms with Crippen LogP contribution in [-0.2, 0) is 26.2 Å². The maximum atomic E-state index is 12.5. The van der Waals surface area contributed by atoms with Gasteiger partial charge in [0.1, 0.15) is 11.4 Å². The van der Waals surface area contributed by atoms with Gasteiger partial charge in [0, 0.05) is 11.5 Å². The normalized spacial score (nSPS) is 20.4. The number of aliphatic carboxylic acids is 1. The second-order valence-electron chi connectivity index (χ2n) is 6.83. The van der Waals surface area contributed by atoms with Crippen LogP contribution >= 0.6 is 35.7 Å². The molecule has 0 spiro atoms. The van der Waals surface area contributed by atoms with Crippen molar-refractivity contribution in [3.05, 3.63) is 11.3 Å². The number of sulfonamides is 1. The van der Waals surface area contributed by atoms with Crippen molar-refractivity contribution in [2.45, 2.75) is 35.7 Å². The molecule has 0 aliphatic carbocycles. The Kier molecular flexibility index (Phi) is 9.81. The van der Waals surface area contributed by atoms with Gasteiger partial charge in [0.25, 0.3) is 5.91 Å². The summed E-state index contributed by atoms with van der Waals surface area (Å²) in [5.41, 5.74) is -0.0634. The zero-order chi connectivity index (χ0) is 24.6. The standard InChI is InChI=1S/C14H16F3N7O5S4.Na/c15-14(16,17)3-7(30)19-8-10(25)24-9(12(26)27)6(4-31-11(8)24)5-32-13-20-21-22-23(13)1-2-33(18,28)29;/h8,11H,1-5H2,(H,19,30)(H,26,27)(H2,18,28,29);/q;+1/p-1/t8?,11-;/m1./s1. The fraction of sp³-hybridized carbons (Fsp3) is 0.571. The zero-order valence-electron chi connectivity index (χ0n) is 17.3. The van der Waals surface area contributed by atoms with E-state index in [4.69, 9.17) is 5.14 Å². The van der Waals surface area contributed by atoms with E-state index < -0.39 is 56.7 Å². The number of tetrazole rings is 1. The first kappa shape index (κ1) is 29.3. The van der Waals surface area contributed by atoms with Crippen LogP contribution < -0.4 is 45.1 Å². The second kappa shape index (κ2) is 11.4. The van der Waals surface area contributed by atoms with Gasteiger partial charge in [-0.1, -0.05) is 24.0 Å². The molecule has 0 aromatic carbocycles. The summed E-state index contributed by atoms with van der Waals surface area (Å²) >= 11 is 6.81. The first-order valence-electron chi connectivity index (χ1n) is 8.90. The maximum absolute atomic E-state index is 12.5. The predicted octanol–water partition coefficient (Wildman–Crippen LogP) is -4.79. The van der Waals surface area contributed by atoms with E-state index in [9.17, 15) is 36.3 Å². The van der Waals surface area contributed by atoms with Gasteiger partial charge in [-0.3, -0.25) is 9.69 Å². The van der Waals surface area contributed by atoms with E-state index in [1.54, 1.807) is 0 Å². The predicted molar refractivity (Wildman–Crippen MR) is 112 cm³/mol. The molecule has 1 aromatic heterocycles. The van der Waals surface area contributed by atoms with Crippen molar-refractivity contribution in [3.8, 4) is 0 Å². The van der Waals surface area contributed by atoms with Crippen LogP contribution in [0.3, 0.4) is 0 Å². The summed E-state index contributed by atoms with van der Waals surface area (Å²) in [6, 6.07) is -1.08. The molecule has 1 aromatic rings. The minimum Gasteiger partial charge on any atom is -0.543 e. The molecule has 1 amide bonds. The Bertz CT molecular complexity index is 1110. The van der Waals surface area contributed by atoms with Crippen LogP contribution in [0, 0.1) is 0 Å². The van der Waals surface area contributed by atoms with E-state index in [1.165, 1.54) is 4.68 Å². The number of nitrogens with two attached hydrogens (primary N) is 1. The van der Waals surface area contributed by atoms with E-state index in [0.29, 0.717) is 5.57 Å². The molecule has 12 nitrogen and oxygen atoms in total. The molecule has 2 aliphatic heterocycles. The van der Waals surface area contributed by atoms with Gasteiger partial charge in [0.2, 0.25) is 15.2 Å². The van der Waals surface area contributed by atoms with Crippen LogP contribution in [0.25, 0.3) is 0 Å². The van der Waals surface area contributed by atoms with Gasteiger partial charge < -0.3 is 15.2 Å². The van der Waals surface area contributed by atoms with E-state index >= 15 is 0 Å². The zero-order valence-corrected chi connectivity index (χ0v) is 22.6. The van der Waals surface area contributed by atoms with Crippen LogP contribution in [0.1, 0.15) is 6.42 Å². The number of thiocarbonyl (C=S) groups is 1. The van der Waals surface area contributed by atoms with Crippen LogP contribution in [-0.4, -0.2) is 85.2 Å². The molecule has 1 fully saturated rings. The Balaban J connectivity index is 0.00000408. The minimum atomic E-state index is -4.54. The molecule has 1 unspecified atom stereocenters. The summed E-state index contributed by atoms with van der Waals surface area (Å²) in [5.74, 6) is -2.59. The van der Waals surface area contributed by atoms with Gasteiger partial charge in [-0.15, -0.1) is 16.9 Å². The summed E-state index contributed by atoms with van der Waals surface area (Å²) < 4.78 is 60.9. The molecule has 0 bridgehead atoms. The molecule has 3 rings (SSSR count). The molecular formula is C14H15F3N7NaO5S4. The van der Waals surface area contributed by atoms with Crippen LogP contribution in [0.2, 0.25) is 0 Å². The van der Waals surface area contributed by atoms with Crippen molar-refractivity contribution in [2.75, 3.05) is 17.3 Å². The Hall–Kier alpha value is -0.960. The Morgan fingerprint density at radius 2 is 2.09 bits per heavy atom. The monoisotopic (exact) mass is 569 g/mol. The van der Waals surface area contributed by atoms with E-state index in [-0.39, 0.29) is 58.5 Å². The van der Waals surface area contributed by atoms with E-state index in [0.717, 1.165) is 28.4 Å². The third-order valence-electron chi connectivity index (χ3n) is 4.38. The molecular weight excluding hydrogens is 554 g/mol. The number of aromatic nitrogens is 4. The topological polar surface area (TPSA) is 176 Å². The molecule has 2 atom stereocenters. The number of carboxylic acid groups (broad SMARTS) is 1. The third-order valence-corrected chi connectivity index (χ3v) is 7.78. The third kappa shape index (κ3) is 7.28. The number of hydrogen-bond acceptors (Lipinski definition) is 11. The number of amides is 1. The number of nitrogens with zero attached hydrogens (tertiary/aromatic N) is 5. The number of carbonyl (C=O) groups is 2. The van der Waals surface area contributed by atoms with Crippen molar-refractivity contribution >= 4 is 62.6 Å². The van der Waals surface area contributed by atoms with Gasteiger partial charge in [-0.05, 0) is 16.0 Å². The molecule has 20 heteroatoms. The SMILES string of the molecule is NS(=O)(=O)CCn1nnnc1SCC1=C(C(=O)[O-])N2C(=O)C(NC(=S)CC(F)(F)F)[C@H]2SC1.[Na+]. The molecule has 0 radical (unpaired) electrons. The Labute approximate surface area is 227 Å². The number of fused-ring (bicyclic) bond motifs is 1. The molecule has 34 heavy (non-hydrogen) atoms. The molecule has 0 saturated carbocycles. The van der Waals surface area contributed by atoms with Gasteiger partial charge >= 0.3 is 35.7 Å². The second-order valence-corrected chi connectivity index (χ2v) is 11.1. The summed E-state index contributed by atoms with van der Waals surface area (Å²) in [7, 11) is -3.75. The van der Waals surface area contributed by atoms with Crippen LogP contribution in [0.5, 0.6) is 0 Å². The quantitative estimate of drug-likeness (QED) is 0.126. The maximum Gasteiger partial charge on any atom is 1.00 e. The van der Waals surface area contributed by atoms with Crippen molar-refractivity contribution in [1.29, 1.82) is 0 Å². The molecule has 3 N–H and O–H groups in total. The first-order valence-corrected chi connectivity index (χ1v) is 13.1. The Morgan fingerprint density at radius 3 is 2.68 bits per heavy atom. The number of halogens is 3. The van der Waals surface area contributed by atoms with Crippen LogP contribution in [0.15, 0.2) is 16.4 Å². The number of thioether (sulfide) groups is 2. The van der Waals surface area contributed by atoms with Crippen molar-refractivity contribution < 1.29 is 65.8 Å². The first-order chi connectivity index (χ1) is 15.3. The largest absolute Gasteiger partial charge is 1.00 e. The number of primary sulfonamides is 1. The summed E-state index contributed by atoms with van der Waals surface area (Å²) in [6.45, 7) is -0.118. The van der Waals surface area contributed by atoms with Crippen molar-refractivity contribution in [2.24, 2.45) is 5.14 Å². The Morgan fingerprint density at radius 1 is 1.41 bits per heavy atom. The number of nitrogens with one attached hydrogen (secondary N) is 1. The number of aryl methyl sites for hydroxylation is 1. The number of hydrogen-bond donors (Lipinski definition) is 2. The van der Waals surface area contributed by atoms with Gasteiger partial charge in [0.05, 0.1) is 35.4 Å². The fourth-order valence-electron chi connectivity index (χ4n) is 2.99.